The summed E-state index contributed by atoms with van der Waals surface area (Å²) in [6, 6.07) is 5.73. The first kappa shape index (κ1) is 17.4. The number of benzene rings is 1. The maximum atomic E-state index is 5.33. The zero-order chi connectivity index (χ0) is 16.7. The van der Waals surface area contributed by atoms with E-state index in [1.54, 1.807) is 21.3 Å². The lowest BCUT2D eigenvalue weighted by Gasteiger charge is -2.30. The SMILES string of the molecule is CN=C(NCC1CCCN(C)C1)Nc1ccc(OC)c(OC)c1. The van der Waals surface area contributed by atoms with Gasteiger partial charge in [-0.1, -0.05) is 0 Å². The van der Waals surface area contributed by atoms with Crippen LogP contribution in [0, 0.1) is 5.92 Å². The molecule has 0 bridgehead atoms. The van der Waals surface area contributed by atoms with Crippen molar-refractivity contribution in [3.63, 3.8) is 0 Å². The first-order valence-electron chi connectivity index (χ1n) is 8.04. The number of likely N-dealkylation sites (tertiary alicyclic amines) is 1. The smallest absolute Gasteiger partial charge is 0.195 e. The zero-order valence-corrected chi connectivity index (χ0v) is 14.6. The highest BCUT2D eigenvalue weighted by molar-refractivity contribution is 5.93. The fourth-order valence-corrected chi connectivity index (χ4v) is 2.91. The average Bonchev–Trinajstić information content (AvgIpc) is 2.58. The number of hydrogen-bond acceptors (Lipinski definition) is 4. The third-order valence-corrected chi connectivity index (χ3v) is 4.15. The van der Waals surface area contributed by atoms with Crippen LogP contribution in [0.1, 0.15) is 12.8 Å². The molecule has 1 aromatic carbocycles. The van der Waals surface area contributed by atoms with Gasteiger partial charge in [0.05, 0.1) is 14.2 Å². The summed E-state index contributed by atoms with van der Waals surface area (Å²) in [6.45, 7) is 3.27. The first-order valence-corrected chi connectivity index (χ1v) is 8.04. The topological polar surface area (TPSA) is 58.1 Å². The van der Waals surface area contributed by atoms with Crippen LogP contribution >= 0.6 is 0 Å². The molecule has 0 aromatic heterocycles. The van der Waals surface area contributed by atoms with Gasteiger partial charge < -0.3 is 25.0 Å². The van der Waals surface area contributed by atoms with Crippen LogP contribution in [0.25, 0.3) is 0 Å². The number of methoxy groups -OCH3 is 2. The second kappa shape index (κ2) is 8.62. The minimum absolute atomic E-state index is 0.665. The van der Waals surface area contributed by atoms with Crippen LogP contribution in [-0.2, 0) is 0 Å². The fourth-order valence-electron chi connectivity index (χ4n) is 2.91. The number of ether oxygens (including phenoxy) is 2. The Bertz CT molecular complexity index is 533. The van der Waals surface area contributed by atoms with Crippen molar-refractivity contribution in [3.8, 4) is 11.5 Å². The van der Waals surface area contributed by atoms with E-state index >= 15 is 0 Å². The Morgan fingerprint density at radius 1 is 1.30 bits per heavy atom. The van der Waals surface area contributed by atoms with E-state index in [0.717, 1.165) is 24.7 Å². The van der Waals surface area contributed by atoms with Gasteiger partial charge in [0.2, 0.25) is 0 Å². The van der Waals surface area contributed by atoms with Gasteiger partial charge in [0, 0.05) is 31.9 Å². The minimum atomic E-state index is 0.665. The van der Waals surface area contributed by atoms with E-state index in [9.17, 15) is 0 Å². The second-order valence-corrected chi connectivity index (χ2v) is 5.92. The van der Waals surface area contributed by atoms with E-state index in [2.05, 4.69) is 27.6 Å². The summed E-state index contributed by atoms with van der Waals surface area (Å²) in [6.07, 6.45) is 2.54. The molecule has 1 aliphatic rings. The molecule has 1 aliphatic heterocycles. The molecule has 0 amide bonds. The Kier molecular flexibility index (Phi) is 6.52. The molecule has 0 saturated carbocycles. The minimum Gasteiger partial charge on any atom is -0.493 e. The number of rotatable bonds is 5. The highest BCUT2D eigenvalue weighted by Gasteiger charge is 2.17. The van der Waals surface area contributed by atoms with Gasteiger partial charge in [-0.25, -0.2) is 0 Å². The summed E-state index contributed by atoms with van der Waals surface area (Å²) in [5.74, 6) is 2.84. The molecule has 1 saturated heterocycles. The van der Waals surface area contributed by atoms with Crippen LogP contribution < -0.4 is 20.1 Å². The molecular weight excluding hydrogens is 292 g/mol. The number of nitrogens with zero attached hydrogens (tertiary/aromatic N) is 2. The van der Waals surface area contributed by atoms with Gasteiger partial charge in [-0.3, -0.25) is 4.99 Å². The van der Waals surface area contributed by atoms with Crippen LogP contribution in [-0.4, -0.2) is 58.8 Å². The number of anilines is 1. The molecule has 1 atom stereocenters. The number of nitrogens with one attached hydrogen (secondary N) is 2. The van der Waals surface area contributed by atoms with Crippen molar-refractivity contribution in [2.45, 2.75) is 12.8 Å². The summed E-state index contributed by atoms with van der Waals surface area (Å²) in [5, 5.41) is 6.71. The van der Waals surface area contributed by atoms with Crippen molar-refractivity contribution >= 4 is 11.6 Å². The van der Waals surface area contributed by atoms with Gasteiger partial charge in [0.1, 0.15) is 0 Å². The zero-order valence-electron chi connectivity index (χ0n) is 14.6. The maximum Gasteiger partial charge on any atom is 0.195 e. The summed E-state index contributed by atoms with van der Waals surface area (Å²) in [5.41, 5.74) is 0.913. The lowest BCUT2D eigenvalue weighted by molar-refractivity contribution is 0.211. The molecule has 0 radical (unpaired) electrons. The number of guanidine groups is 1. The predicted octanol–water partition coefficient (Wildman–Crippen LogP) is 2.03. The molecule has 1 fully saturated rings. The van der Waals surface area contributed by atoms with Crippen molar-refractivity contribution in [2.24, 2.45) is 10.9 Å². The van der Waals surface area contributed by atoms with Crippen molar-refractivity contribution in [1.29, 1.82) is 0 Å². The van der Waals surface area contributed by atoms with Gasteiger partial charge in [-0.15, -0.1) is 0 Å². The average molecular weight is 320 g/mol. The summed E-state index contributed by atoms with van der Waals surface area (Å²) < 4.78 is 10.6. The Morgan fingerprint density at radius 2 is 2.09 bits per heavy atom. The first-order chi connectivity index (χ1) is 11.2. The largest absolute Gasteiger partial charge is 0.493 e. The summed E-state index contributed by atoms with van der Waals surface area (Å²) in [7, 11) is 7.23. The molecule has 0 spiro atoms. The molecular formula is C17H28N4O2. The summed E-state index contributed by atoms with van der Waals surface area (Å²) in [4.78, 5) is 6.68. The number of aliphatic imine (C=N–C) groups is 1. The molecule has 128 valence electrons. The van der Waals surface area contributed by atoms with E-state index in [4.69, 9.17) is 9.47 Å². The van der Waals surface area contributed by atoms with Gasteiger partial charge >= 0.3 is 0 Å². The molecule has 6 heteroatoms. The van der Waals surface area contributed by atoms with Crippen LogP contribution in [0.2, 0.25) is 0 Å². The molecule has 6 nitrogen and oxygen atoms in total. The quantitative estimate of drug-likeness (QED) is 0.642. The summed E-state index contributed by atoms with van der Waals surface area (Å²) >= 11 is 0. The maximum absolute atomic E-state index is 5.33. The van der Waals surface area contributed by atoms with E-state index in [1.807, 2.05) is 18.2 Å². The Morgan fingerprint density at radius 3 is 2.74 bits per heavy atom. The van der Waals surface area contributed by atoms with Crippen molar-refractivity contribution < 1.29 is 9.47 Å². The highest BCUT2D eigenvalue weighted by Crippen LogP contribution is 2.29. The van der Waals surface area contributed by atoms with E-state index in [0.29, 0.717) is 17.4 Å². The molecule has 1 unspecified atom stereocenters. The van der Waals surface area contributed by atoms with Crippen molar-refractivity contribution in [3.05, 3.63) is 18.2 Å². The fraction of sp³-hybridized carbons (Fsp3) is 0.588. The third-order valence-electron chi connectivity index (χ3n) is 4.15. The molecule has 1 aromatic rings. The van der Waals surface area contributed by atoms with Crippen molar-refractivity contribution in [2.75, 3.05) is 53.3 Å². The van der Waals surface area contributed by atoms with Crippen LogP contribution in [0.15, 0.2) is 23.2 Å². The van der Waals surface area contributed by atoms with Gasteiger partial charge in [-0.2, -0.15) is 0 Å². The van der Waals surface area contributed by atoms with Gasteiger partial charge in [0.25, 0.3) is 0 Å². The lowest BCUT2D eigenvalue weighted by Crippen LogP contribution is -2.41. The lowest BCUT2D eigenvalue weighted by atomic mass is 9.99. The van der Waals surface area contributed by atoms with Crippen molar-refractivity contribution in [1.82, 2.24) is 10.2 Å². The molecule has 1 heterocycles. The van der Waals surface area contributed by atoms with Gasteiger partial charge in [-0.05, 0) is 44.5 Å². The monoisotopic (exact) mass is 320 g/mol. The van der Waals surface area contributed by atoms with Gasteiger partial charge in [0.15, 0.2) is 17.5 Å². The van der Waals surface area contributed by atoms with E-state index < -0.39 is 0 Å². The molecule has 2 rings (SSSR count). The van der Waals surface area contributed by atoms with E-state index in [1.165, 1.54) is 19.4 Å². The van der Waals surface area contributed by atoms with Crippen LogP contribution in [0.5, 0.6) is 11.5 Å². The third kappa shape index (κ3) is 5.03. The molecule has 2 N–H and O–H groups in total. The van der Waals surface area contributed by atoms with E-state index in [-0.39, 0.29) is 0 Å². The van der Waals surface area contributed by atoms with Crippen LogP contribution in [0.4, 0.5) is 5.69 Å². The Balaban J connectivity index is 1.92. The Labute approximate surface area is 138 Å². The highest BCUT2D eigenvalue weighted by atomic mass is 16.5. The number of hydrogen-bond donors (Lipinski definition) is 2. The second-order valence-electron chi connectivity index (χ2n) is 5.92. The Hall–Kier alpha value is -1.95. The van der Waals surface area contributed by atoms with Crippen LogP contribution in [0.3, 0.4) is 0 Å². The number of piperidine rings is 1. The standard InChI is InChI=1S/C17H28N4O2/c1-18-17(19-11-13-6-5-9-21(2)12-13)20-14-7-8-15(22-3)16(10-14)23-4/h7-8,10,13H,5-6,9,11-12H2,1-4H3,(H2,18,19,20). The predicted molar refractivity (Wildman–Crippen MR) is 94.8 cm³/mol. The normalized spacial score (nSPS) is 19.3. The molecule has 0 aliphatic carbocycles. The molecule has 23 heavy (non-hydrogen) atoms.